The average molecular weight is 400 g/mol. The van der Waals surface area contributed by atoms with Crippen molar-refractivity contribution >= 4 is 11.8 Å². The standard InChI is InChI=1S/C22H28N2O5/c1-4-23-11-7-13-29-12-6-5-8-17-14-21(25)24(22(17)26)16-18-9-10-19(27-2)15-20(18)28-3/h5-6,8-10,12,14-15,23H,4,7,11,13,16H2,1-3H3/b8-5-,12-6+. The first-order valence-corrected chi connectivity index (χ1v) is 9.54. The van der Waals surface area contributed by atoms with Crippen LogP contribution in [-0.4, -0.2) is 50.6 Å². The number of benzene rings is 1. The molecule has 0 fully saturated rings. The Bertz CT molecular complexity index is 798. The fourth-order valence-electron chi connectivity index (χ4n) is 2.74. The van der Waals surface area contributed by atoms with E-state index >= 15 is 0 Å². The number of hydrogen-bond acceptors (Lipinski definition) is 6. The van der Waals surface area contributed by atoms with Gasteiger partial charge in [-0.1, -0.05) is 13.0 Å². The number of hydrogen-bond donors (Lipinski definition) is 1. The van der Waals surface area contributed by atoms with E-state index in [1.165, 1.54) is 18.1 Å². The van der Waals surface area contributed by atoms with Crippen LogP contribution in [0.2, 0.25) is 0 Å². The van der Waals surface area contributed by atoms with Crippen molar-refractivity contribution in [1.29, 1.82) is 0 Å². The topological polar surface area (TPSA) is 77.1 Å². The van der Waals surface area contributed by atoms with Crippen LogP contribution in [0.4, 0.5) is 0 Å². The van der Waals surface area contributed by atoms with Crippen molar-refractivity contribution in [2.45, 2.75) is 19.9 Å². The predicted octanol–water partition coefficient (Wildman–Crippen LogP) is 2.59. The van der Waals surface area contributed by atoms with Gasteiger partial charge >= 0.3 is 0 Å². The molecule has 1 aliphatic rings. The van der Waals surface area contributed by atoms with Crippen molar-refractivity contribution in [1.82, 2.24) is 10.2 Å². The minimum atomic E-state index is -0.351. The Morgan fingerprint density at radius 1 is 1.14 bits per heavy atom. The van der Waals surface area contributed by atoms with Crippen LogP contribution in [0.15, 0.2) is 54.3 Å². The summed E-state index contributed by atoms with van der Waals surface area (Å²) in [5.41, 5.74) is 1.05. The van der Waals surface area contributed by atoms with E-state index in [2.05, 4.69) is 12.2 Å². The molecule has 0 saturated heterocycles. The van der Waals surface area contributed by atoms with Crippen molar-refractivity contribution in [3.05, 3.63) is 59.9 Å². The Morgan fingerprint density at radius 2 is 1.97 bits per heavy atom. The molecule has 0 spiro atoms. The molecule has 2 rings (SSSR count). The lowest BCUT2D eigenvalue weighted by atomic mass is 10.1. The number of nitrogens with zero attached hydrogens (tertiary/aromatic N) is 1. The number of carbonyl (C=O) groups is 2. The number of rotatable bonds is 12. The molecule has 0 unspecified atom stereocenters. The Labute approximate surface area is 171 Å². The fourth-order valence-corrected chi connectivity index (χ4v) is 2.74. The summed E-state index contributed by atoms with van der Waals surface area (Å²) < 4.78 is 15.9. The van der Waals surface area contributed by atoms with Gasteiger partial charge in [0.1, 0.15) is 11.5 Å². The Morgan fingerprint density at radius 3 is 2.69 bits per heavy atom. The second-order valence-electron chi connectivity index (χ2n) is 6.27. The van der Waals surface area contributed by atoms with Crippen LogP contribution in [0.25, 0.3) is 0 Å². The third kappa shape index (κ3) is 6.50. The molecule has 29 heavy (non-hydrogen) atoms. The first-order chi connectivity index (χ1) is 14.1. The maximum atomic E-state index is 12.6. The number of ether oxygens (including phenoxy) is 3. The highest BCUT2D eigenvalue weighted by Crippen LogP contribution is 2.27. The van der Waals surface area contributed by atoms with Crippen LogP contribution in [0.1, 0.15) is 18.9 Å². The van der Waals surface area contributed by atoms with E-state index in [-0.39, 0.29) is 18.4 Å². The van der Waals surface area contributed by atoms with E-state index in [4.69, 9.17) is 14.2 Å². The minimum absolute atomic E-state index is 0.128. The van der Waals surface area contributed by atoms with Gasteiger partial charge < -0.3 is 19.5 Å². The van der Waals surface area contributed by atoms with Crippen molar-refractivity contribution in [2.75, 3.05) is 33.9 Å². The highest BCUT2D eigenvalue weighted by Gasteiger charge is 2.30. The van der Waals surface area contributed by atoms with Gasteiger partial charge in [-0.25, -0.2) is 0 Å². The third-order valence-electron chi connectivity index (χ3n) is 4.29. The number of nitrogens with one attached hydrogen (secondary N) is 1. The quantitative estimate of drug-likeness (QED) is 0.252. The van der Waals surface area contributed by atoms with Gasteiger partial charge in [0.05, 0.1) is 33.6 Å². The molecule has 1 aliphatic heterocycles. The molecule has 1 heterocycles. The molecule has 1 aromatic rings. The summed E-state index contributed by atoms with van der Waals surface area (Å²) in [5.74, 6) is 0.505. The van der Waals surface area contributed by atoms with Crippen LogP contribution in [0.3, 0.4) is 0 Å². The van der Waals surface area contributed by atoms with Gasteiger partial charge in [0.25, 0.3) is 11.8 Å². The van der Waals surface area contributed by atoms with Gasteiger partial charge in [-0.3, -0.25) is 14.5 Å². The lowest BCUT2D eigenvalue weighted by Crippen LogP contribution is -2.30. The van der Waals surface area contributed by atoms with E-state index < -0.39 is 0 Å². The zero-order chi connectivity index (χ0) is 21.1. The highest BCUT2D eigenvalue weighted by atomic mass is 16.5. The Hall–Kier alpha value is -3.06. The Balaban J connectivity index is 1.89. The molecule has 0 bridgehead atoms. The number of imide groups is 1. The monoisotopic (exact) mass is 400 g/mol. The molecule has 0 atom stereocenters. The van der Waals surface area contributed by atoms with E-state index in [9.17, 15) is 9.59 Å². The summed E-state index contributed by atoms with van der Waals surface area (Å²) in [6, 6.07) is 5.26. The minimum Gasteiger partial charge on any atom is -0.501 e. The van der Waals surface area contributed by atoms with Crippen molar-refractivity contribution in [3.63, 3.8) is 0 Å². The third-order valence-corrected chi connectivity index (χ3v) is 4.29. The maximum Gasteiger partial charge on any atom is 0.261 e. The number of allylic oxidation sites excluding steroid dienone is 2. The zero-order valence-corrected chi connectivity index (χ0v) is 17.1. The molecule has 2 amide bonds. The molecular weight excluding hydrogens is 372 g/mol. The molecule has 7 nitrogen and oxygen atoms in total. The van der Waals surface area contributed by atoms with Crippen LogP contribution in [0.5, 0.6) is 11.5 Å². The number of carbonyl (C=O) groups excluding carboxylic acids is 2. The summed E-state index contributed by atoms with van der Waals surface area (Å²) in [6.07, 6.45) is 8.80. The summed E-state index contributed by atoms with van der Waals surface area (Å²) in [6.45, 7) is 4.67. The zero-order valence-electron chi connectivity index (χ0n) is 17.1. The van der Waals surface area contributed by atoms with E-state index in [0.29, 0.717) is 23.7 Å². The predicted molar refractivity (Wildman–Crippen MR) is 111 cm³/mol. The summed E-state index contributed by atoms with van der Waals surface area (Å²) in [7, 11) is 3.10. The van der Waals surface area contributed by atoms with E-state index in [1.807, 2.05) is 0 Å². The first-order valence-electron chi connectivity index (χ1n) is 9.54. The molecule has 1 aromatic carbocycles. The largest absolute Gasteiger partial charge is 0.501 e. The molecule has 0 radical (unpaired) electrons. The van der Waals surface area contributed by atoms with Gasteiger partial charge in [0, 0.05) is 23.3 Å². The van der Waals surface area contributed by atoms with Crippen LogP contribution < -0.4 is 14.8 Å². The van der Waals surface area contributed by atoms with Gasteiger partial charge in [0.15, 0.2) is 0 Å². The van der Waals surface area contributed by atoms with Crippen molar-refractivity contribution in [2.24, 2.45) is 0 Å². The second kappa shape index (κ2) is 11.7. The first kappa shape index (κ1) is 22.2. The summed E-state index contributed by atoms with van der Waals surface area (Å²) in [5, 5.41) is 3.22. The molecule has 7 heteroatoms. The van der Waals surface area contributed by atoms with Crippen LogP contribution >= 0.6 is 0 Å². The smallest absolute Gasteiger partial charge is 0.261 e. The lowest BCUT2D eigenvalue weighted by Gasteiger charge is -2.17. The molecule has 0 aliphatic carbocycles. The second-order valence-corrected chi connectivity index (χ2v) is 6.27. The van der Waals surface area contributed by atoms with Crippen LogP contribution in [0, 0.1) is 0 Å². The highest BCUT2D eigenvalue weighted by molar-refractivity contribution is 6.17. The number of methoxy groups -OCH3 is 2. The molecule has 156 valence electrons. The fraction of sp³-hybridized carbons (Fsp3) is 0.364. The SMILES string of the molecule is CCNCCCO/C=C/C=C\C1=CC(=O)N(Cc2ccc(OC)cc2OC)C1=O. The molecule has 0 saturated carbocycles. The van der Waals surface area contributed by atoms with Gasteiger partial charge in [-0.2, -0.15) is 0 Å². The molecule has 1 N–H and O–H groups in total. The maximum absolute atomic E-state index is 12.6. The summed E-state index contributed by atoms with van der Waals surface area (Å²) in [4.78, 5) is 26.0. The van der Waals surface area contributed by atoms with Gasteiger partial charge in [-0.05, 0) is 43.8 Å². The van der Waals surface area contributed by atoms with E-state index in [1.54, 1.807) is 49.8 Å². The van der Waals surface area contributed by atoms with Crippen LogP contribution in [-0.2, 0) is 20.9 Å². The average Bonchev–Trinajstić information content (AvgIpc) is 3.00. The number of amides is 2. The van der Waals surface area contributed by atoms with E-state index in [0.717, 1.165) is 25.1 Å². The van der Waals surface area contributed by atoms with Gasteiger partial charge in [0.2, 0.25) is 0 Å². The normalized spacial score (nSPS) is 14.2. The van der Waals surface area contributed by atoms with Crippen molar-refractivity contribution < 1.29 is 23.8 Å². The Kier molecular flexibility index (Phi) is 8.98. The molecule has 0 aromatic heterocycles. The lowest BCUT2D eigenvalue weighted by molar-refractivity contribution is -0.137. The van der Waals surface area contributed by atoms with Crippen molar-refractivity contribution in [3.8, 4) is 11.5 Å². The summed E-state index contributed by atoms with van der Waals surface area (Å²) >= 11 is 0. The van der Waals surface area contributed by atoms with Gasteiger partial charge in [-0.15, -0.1) is 0 Å². The molecular formula is C22H28N2O5.